The van der Waals surface area contributed by atoms with Crippen molar-refractivity contribution in [3.63, 3.8) is 0 Å². The van der Waals surface area contributed by atoms with E-state index in [0.29, 0.717) is 6.54 Å². The monoisotopic (exact) mass is 187 g/mol. The van der Waals surface area contributed by atoms with Gasteiger partial charge in [-0.1, -0.05) is 27.7 Å². The minimum absolute atomic E-state index is 0.0202. The summed E-state index contributed by atoms with van der Waals surface area (Å²) in [5.41, 5.74) is 0. The second kappa shape index (κ2) is 9.10. The lowest BCUT2D eigenvalue weighted by atomic mass is 10.5. The van der Waals surface area contributed by atoms with Crippen molar-refractivity contribution in [3.05, 3.63) is 11.8 Å². The average molecular weight is 187 g/mol. The van der Waals surface area contributed by atoms with Crippen LogP contribution in [0.2, 0.25) is 0 Å². The Morgan fingerprint density at radius 3 is 1.92 bits per heavy atom. The van der Waals surface area contributed by atoms with E-state index in [1.54, 1.807) is 19.1 Å². The lowest BCUT2D eigenvalue weighted by molar-refractivity contribution is -0.123. The lowest BCUT2D eigenvalue weighted by Crippen LogP contribution is -2.19. The third kappa shape index (κ3) is 5.28. The largest absolute Gasteiger partial charge is 0.499 e. The second-order valence-corrected chi connectivity index (χ2v) is 2.01. The summed E-state index contributed by atoms with van der Waals surface area (Å²) in [4.78, 5) is 12.3. The first-order chi connectivity index (χ1) is 6.24. The summed E-state index contributed by atoms with van der Waals surface area (Å²) in [7, 11) is 3.31. The highest BCUT2D eigenvalue weighted by molar-refractivity contribution is 5.90. The van der Waals surface area contributed by atoms with Crippen molar-refractivity contribution < 1.29 is 9.53 Å². The van der Waals surface area contributed by atoms with Gasteiger partial charge in [0.05, 0.1) is 13.7 Å². The van der Waals surface area contributed by atoms with E-state index >= 15 is 0 Å². The number of ether oxygens (including phenoxy) is 1. The molecule has 13 heavy (non-hydrogen) atoms. The van der Waals surface area contributed by atoms with Crippen LogP contribution in [0.4, 0.5) is 0 Å². The van der Waals surface area contributed by atoms with E-state index in [1.165, 1.54) is 6.08 Å². The van der Waals surface area contributed by atoms with E-state index in [4.69, 9.17) is 4.74 Å². The maximum absolute atomic E-state index is 10.7. The van der Waals surface area contributed by atoms with Crippen LogP contribution in [0.5, 0.6) is 0 Å². The van der Waals surface area contributed by atoms with Gasteiger partial charge in [0, 0.05) is 13.1 Å². The molecule has 1 heterocycles. The molecule has 3 heteroatoms. The molecule has 3 nitrogen and oxygen atoms in total. The van der Waals surface area contributed by atoms with Crippen LogP contribution in [0, 0.1) is 0 Å². The lowest BCUT2D eigenvalue weighted by Gasteiger charge is -2.06. The van der Waals surface area contributed by atoms with E-state index < -0.39 is 0 Å². The molecule has 1 aliphatic rings. The third-order valence-electron chi connectivity index (χ3n) is 1.32. The molecule has 0 spiro atoms. The number of carbonyl (C=O) groups excluding carboxylic acids is 1. The number of hydrogen-bond acceptors (Lipinski definition) is 2. The molecular formula is C10H21NO2. The number of methoxy groups -OCH3 is 1. The number of amides is 1. The number of hydrogen-bond donors (Lipinski definition) is 0. The summed E-state index contributed by atoms with van der Waals surface area (Å²) in [5, 5.41) is 0. The van der Waals surface area contributed by atoms with Crippen LogP contribution in [-0.2, 0) is 9.53 Å². The van der Waals surface area contributed by atoms with Crippen molar-refractivity contribution in [1.29, 1.82) is 0 Å². The van der Waals surface area contributed by atoms with E-state index in [1.807, 2.05) is 27.7 Å². The predicted octanol–water partition coefficient (Wildman–Crippen LogP) is 2.04. The predicted molar refractivity (Wildman–Crippen MR) is 55.4 cm³/mol. The summed E-state index contributed by atoms with van der Waals surface area (Å²) in [6.45, 7) is 8.61. The van der Waals surface area contributed by atoms with Crippen molar-refractivity contribution in [2.24, 2.45) is 0 Å². The van der Waals surface area contributed by atoms with Gasteiger partial charge in [0.25, 0.3) is 0 Å². The molecule has 1 rings (SSSR count). The van der Waals surface area contributed by atoms with Gasteiger partial charge < -0.3 is 9.64 Å². The van der Waals surface area contributed by atoms with Crippen molar-refractivity contribution >= 4 is 5.91 Å². The zero-order valence-corrected chi connectivity index (χ0v) is 9.55. The van der Waals surface area contributed by atoms with E-state index in [2.05, 4.69) is 0 Å². The summed E-state index contributed by atoms with van der Waals surface area (Å²) in [6.07, 6.45) is 1.50. The van der Waals surface area contributed by atoms with Crippen molar-refractivity contribution in [2.45, 2.75) is 27.7 Å². The van der Waals surface area contributed by atoms with Gasteiger partial charge in [-0.3, -0.25) is 4.79 Å². The van der Waals surface area contributed by atoms with Crippen LogP contribution in [0.25, 0.3) is 0 Å². The number of carbonyl (C=O) groups is 1. The van der Waals surface area contributed by atoms with Crippen molar-refractivity contribution in [1.82, 2.24) is 4.90 Å². The van der Waals surface area contributed by atoms with Gasteiger partial charge in [0.15, 0.2) is 0 Å². The van der Waals surface area contributed by atoms with Gasteiger partial charge in [-0.25, -0.2) is 0 Å². The maximum Gasteiger partial charge on any atom is 0.250 e. The number of likely N-dealkylation sites (N-methyl/N-ethyl adjacent to an activating group) is 1. The molecule has 1 aliphatic heterocycles. The van der Waals surface area contributed by atoms with Gasteiger partial charge in [-0.2, -0.15) is 0 Å². The summed E-state index contributed by atoms with van der Waals surface area (Å²) in [5.74, 6) is 0.759. The maximum atomic E-state index is 10.7. The Morgan fingerprint density at radius 1 is 1.31 bits per heavy atom. The molecule has 78 valence electrons. The van der Waals surface area contributed by atoms with Gasteiger partial charge in [-0.05, 0) is 0 Å². The Morgan fingerprint density at radius 2 is 1.77 bits per heavy atom. The Labute approximate surface area is 81.4 Å². The highest BCUT2D eigenvalue weighted by Gasteiger charge is 2.16. The molecule has 0 unspecified atom stereocenters. The molecule has 0 aliphatic carbocycles. The smallest absolute Gasteiger partial charge is 0.250 e. The molecule has 0 atom stereocenters. The van der Waals surface area contributed by atoms with Crippen molar-refractivity contribution in [2.75, 3.05) is 20.7 Å². The topological polar surface area (TPSA) is 29.5 Å². The SMILES string of the molecule is CC.CC.COC1=CC(=O)N(C)C1. The van der Waals surface area contributed by atoms with Gasteiger partial charge >= 0.3 is 0 Å². The third-order valence-corrected chi connectivity index (χ3v) is 1.32. The van der Waals surface area contributed by atoms with E-state index in [9.17, 15) is 4.79 Å². The first-order valence-electron chi connectivity index (χ1n) is 4.73. The fourth-order valence-corrected chi connectivity index (χ4v) is 0.729. The summed E-state index contributed by atoms with van der Waals surface area (Å²) < 4.78 is 4.85. The van der Waals surface area contributed by atoms with E-state index in [0.717, 1.165) is 5.76 Å². The van der Waals surface area contributed by atoms with Crippen LogP contribution in [-0.4, -0.2) is 31.5 Å². The normalized spacial score (nSPS) is 13.5. The Kier molecular flexibility index (Phi) is 10.2. The molecule has 0 aromatic carbocycles. The highest BCUT2D eigenvalue weighted by atomic mass is 16.5. The molecule has 0 fully saturated rings. The quantitative estimate of drug-likeness (QED) is 0.628. The molecular weight excluding hydrogens is 166 g/mol. The first kappa shape index (κ1) is 14.5. The molecule has 0 saturated heterocycles. The van der Waals surface area contributed by atoms with Crippen LogP contribution in [0.1, 0.15) is 27.7 Å². The molecule has 0 bridgehead atoms. The van der Waals surface area contributed by atoms with Gasteiger partial charge in [0.2, 0.25) is 5.91 Å². The van der Waals surface area contributed by atoms with E-state index in [-0.39, 0.29) is 5.91 Å². The number of nitrogens with zero attached hydrogens (tertiary/aromatic N) is 1. The van der Waals surface area contributed by atoms with Crippen LogP contribution in [0.3, 0.4) is 0 Å². The zero-order valence-electron chi connectivity index (χ0n) is 9.55. The fourth-order valence-electron chi connectivity index (χ4n) is 0.729. The fraction of sp³-hybridized carbons (Fsp3) is 0.700. The molecule has 1 amide bonds. The standard InChI is InChI=1S/C6H9NO2.2C2H6/c1-7-4-5(9-2)3-6(7)8;2*1-2/h3H,4H2,1-2H3;2*1-2H3. The Hall–Kier alpha value is -0.990. The molecule has 0 radical (unpaired) electrons. The van der Waals surface area contributed by atoms with Crippen LogP contribution >= 0.6 is 0 Å². The summed E-state index contributed by atoms with van der Waals surface area (Å²) in [6, 6.07) is 0. The Balaban J connectivity index is 0. The first-order valence-corrected chi connectivity index (χ1v) is 4.73. The molecule has 0 aromatic rings. The van der Waals surface area contributed by atoms with Crippen molar-refractivity contribution in [3.8, 4) is 0 Å². The van der Waals surface area contributed by atoms with Crippen LogP contribution in [0.15, 0.2) is 11.8 Å². The average Bonchev–Trinajstić information content (AvgIpc) is 2.53. The molecule has 0 aromatic heterocycles. The second-order valence-electron chi connectivity index (χ2n) is 2.01. The van der Waals surface area contributed by atoms with Gasteiger partial charge in [-0.15, -0.1) is 0 Å². The minimum Gasteiger partial charge on any atom is -0.499 e. The summed E-state index contributed by atoms with van der Waals surface area (Å²) >= 11 is 0. The number of rotatable bonds is 1. The molecule has 0 saturated carbocycles. The van der Waals surface area contributed by atoms with Crippen LogP contribution < -0.4 is 0 Å². The Bertz CT molecular complexity index is 164. The minimum atomic E-state index is 0.0202. The van der Waals surface area contributed by atoms with Gasteiger partial charge in [0.1, 0.15) is 5.76 Å². The molecule has 0 N–H and O–H groups in total. The zero-order chi connectivity index (χ0) is 10.9. The highest BCUT2D eigenvalue weighted by Crippen LogP contribution is 2.07.